The molecule has 1 heterocycles. The number of hydrogen-bond acceptors (Lipinski definition) is 5. The highest BCUT2D eigenvalue weighted by Gasteiger charge is 2.24. The van der Waals surface area contributed by atoms with Crippen molar-refractivity contribution in [3.05, 3.63) is 58.8 Å². The molecule has 0 aliphatic heterocycles. The molecule has 0 bridgehead atoms. The van der Waals surface area contributed by atoms with Gasteiger partial charge in [0.1, 0.15) is 11.3 Å². The number of aryl methyl sites for hydroxylation is 1. The highest BCUT2D eigenvalue weighted by molar-refractivity contribution is 6.31. The lowest BCUT2D eigenvalue weighted by molar-refractivity contribution is -0.123. The molecule has 1 aromatic heterocycles. The summed E-state index contributed by atoms with van der Waals surface area (Å²) in [5.74, 6) is -0.697. The Morgan fingerprint density at radius 3 is 2.63 bits per heavy atom. The molecule has 3 rings (SSSR count). The second-order valence-electron chi connectivity index (χ2n) is 5.93. The van der Waals surface area contributed by atoms with E-state index in [1.165, 1.54) is 14.0 Å². The van der Waals surface area contributed by atoms with Crippen LogP contribution in [0, 0.1) is 6.92 Å². The van der Waals surface area contributed by atoms with E-state index in [9.17, 15) is 9.59 Å². The summed E-state index contributed by atoms with van der Waals surface area (Å²) < 4.78 is 16.0. The Balaban J connectivity index is 1.73. The lowest BCUT2D eigenvalue weighted by atomic mass is 10.1. The fourth-order valence-corrected chi connectivity index (χ4v) is 2.82. The molecule has 1 N–H and O–H groups in total. The van der Waals surface area contributed by atoms with E-state index >= 15 is 0 Å². The maximum Gasteiger partial charge on any atom is 0.375 e. The molecular formula is C20H18ClNO5. The number of amides is 1. The van der Waals surface area contributed by atoms with Gasteiger partial charge in [-0.1, -0.05) is 29.8 Å². The Labute approximate surface area is 161 Å². The standard InChI is InChI=1S/C20H18ClNO5/c1-11-14-6-4-5-7-16(14)27-18(11)20(24)26-12(2)19(23)22-15-10-13(21)8-9-17(15)25-3/h4-10,12H,1-3H3,(H,22,23). The topological polar surface area (TPSA) is 77.8 Å². The maximum atomic E-state index is 12.4. The molecule has 7 heteroatoms. The first-order valence-electron chi connectivity index (χ1n) is 8.24. The van der Waals surface area contributed by atoms with Crippen LogP contribution in [0.2, 0.25) is 5.02 Å². The Hall–Kier alpha value is -2.99. The van der Waals surface area contributed by atoms with E-state index in [0.29, 0.717) is 27.6 Å². The summed E-state index contributed by atoms with van der Waals surface area (Å²) in [4.78, 5) is 24.8. The van der Waals surface area contributed by atoms with Gasteiger partial charge in [-0.25, -0.2) is 4.79 Å². The lowest BCUT2D eigenvalue weighted by Crippen LogP contribution is -2.30. The third-order valence-electron chi connectivity index (χ3n) is 4.10. The average Bonchev–Trinajstić information content (AvgIpc) is 2.99. The zero-order chi connectivity index (χ0) is 19.6. The van der Waals surface area contributed by atoms with E-state index in [-0.39, 0.29) is 5.76 Å². The molecule has 2 aromatic carbocycles. The number of carbonyl (C=O) groups is 2. The minimum atomic E-state index is -1.05. The van der Waals surface area contributed by atoms with E-state index < -0.39 is 18.0 Å². The fraction of sp³-hybridized carbons (Fsp3) is 0.200. The van der Waals surface area contributed by atoms with Crippen LogP contribution in [0.5, 0.6) is 5.75 Å². The Bertz CT molecular complexity index is 1010. The minimum absolute atomic E-state index is 0.0798. The summed E-state index contributed by atoms with van der Waals surface area (Å²) in [7, 11) is 1.48. The van der Waals surface area contributed by atoms with Gasteiger partial charge < -0.3 is 19.2 Å². The first kappa shape index (κ1) is 18.8. The molecular weight excluding hydrogens is 370 g/mol. The third-order valence-corrected chi connectivity index (χ3v) is 4.34. The van der Waals surface area contributed by atoms with Crippen molar-refractivity contribution in [2.24, 2.45) is 0 Å². The van der Waals surface area contributed by atoms with Crippen molar-refractivity contribution in [2.45, 2.75) is 20.0 Å². The number of hydrogen-bond donors (Lipinski definition) is 1. The first-order valence-corrected chi connectivity index (χ1v) is 8.62. The Morgan fingerprint density at radius 2 is 1.93 bits per heavy atom. The zero-order valence-electron chi connectivity index (χ0n) is 15.0. The monoisotopic (exact) mass is 387 g/mol. The molecule has 27 heavy (non-hydrogen) atoms. The lowest BCUT2D eigenvalue weighted by Gasteiger charge is -2.15. The van der Waals surface area contributed by atoms with Crippen molar-refractivity contribution in [3.8, 4) is 5.75 Å². The van der Waals surface area contributed by atoms with Crippen molar-refractivity contribution >= 4 is 40.1 Å². The van der Waals surface area contributed by atoms with Crippen molar-refractivity contribution in [1.82, 2.24) is 0 Å². The van der Waals surface area contributed by atoms with Crippen LogP contribution in [-0.4, -0.2) is 25.1 Å². The van der Waals surface area contributed by atoms with Crippen LogP contribution in [0.15, 0.2) is 46.9 Å². The summed E-state index contributed by atoms with van der Waals surface area (Å²) in [6.07, 6.45) is -1.05. The van der Waals surface area contributed by atoms with Crippen molar-refractivity contribution in [3.63, 3.8) is 0 Å². The summed E-state index contributed by atoms with van der Waals surface area (Å²) in [5.41, 5.74) is 1.64. The number of methoxy groups -OCH3 is 1. The maximum absolute atomic E-state index is 12.4. The number of carbonyl (C=O) groups excluding carboxylic acids is 2. The SMILES string of the molecule is COc1ccc(Cl)cc1NC(=O)C(C)OC(=O)c1oc2ccccc2c1C. The number of benzene rings is 2. The minimum Gasteiger partial charge on any atom is -0.495 e. The number of ether oxygens (including phenoxy) is 2. The number of esters is 1. The molecule has 1 unspecified atom stereocenters. The molecule has 0 radical (unpaired) electrons. The van der Waals surface area contributed by atoms with Crippen LogP contribution in [0.25, 0.3) is 11.0 Å². The van der Waals surface area contributed by atoms with Gasteiger partial charge in [-0.3, -0.25) is 4.79 Å². The van der Waals surface area contributed by atoms with Crippen LogP contribution >= 0.6 is 11.6 Å². The summed E-state index contributed by atoms with van der Waals surface area (Å²) >= 11 is 5.95. The van der Waals surface area contributed by atoms with Gasteiger partial charge in [0.2, 0.25) is 5.76 Å². The molecule has 0 aliphatic rings. The first-order chi connectivity index (χ1) is 12.9. The van der Waals surface area contributed by atoms with E-state index in [1.807, 2.05) is 18.2 Å². The van der Waals surface area contributed by atoms with Crippen molar-refractivity contribution in [1.29, 1.82) is 0 Å². The predicted molar refractivity (Wildman–Crippen MR) is 102 cm³/mol. The predicted octanol–water partition coefficient (Wildman–Crippen LogP) is 4.59. The van der Waals surface area contributed by atoms with Gasteiger partial charge in [0.05, 0.1) is 12.8 Å². The van der Waals surface area contributed by atoms with E-state index in [0.717, 1.165) is 5.39 Å². The molecule has 0 saturated heterocycles. The fourth-order valence-electron chi connectivity index (χ4n) is 2.65. The van der Waals surface area contributed by atoms with E-state index in [2.05, 4.69) is 5.32 Å². The van der Waals surface area contributed by atoms with Crippen LogP contribution in [0.1, 0.15) is 23.0 Å². The second kappa shape index (κ2) is 7.72. The number of halogens is 1. The number of furan rings is 1. The number of para-hydroxylation sites is 1. The van der Waals surface area contributed by atoms with Crippen LogP contribution < -0.4 is 10.1 Å². The van der Waals surface area contributed by atoms with Crippen LogP contribution in [0.3, 0.4) is 0 Å². The number of anilines is 1. The van der Waals surface area contributed by atoms with E-state index in [1.54, 1.807) is 31.2 Å². The molecule has 1 atom stereocenters. The summed E-state index contributed by atoms with van der Waals surface area (Å²) in [5, 5.41) is 3.91. The van der Waals surface area contributed by atoms with Gasteiger partial charge in [-0.05, 0) is 38.1 Å². The Morgan fingerprint density at radius 1 is 1.19 bits per heavy atom. The van der Waals surface area contributed by atoms with Crippen LogP contribution in [0.4, 0.5) is 5.69 Å². The zero-order valence-corrected chi connectivity index (χ0v) is 15.8. The molecule has 1 amide bonds. The smallest absolute Gasteiger partial charge is 0.375 e. The second-order valence-corrected chi connectivity index (χ2v) is 6.37. The largest absolute Gasteiger partial charge is 0.495 e. The molecule has 140 valence electrons. The quantitative estimate of drug-likeness (QED) is 0.648. The van der Waals surface area contributed by atoms with Gasteiger partial charge in [0.25, 0.3) is 5.91 Å². The molecule has 0 saturated carbocycles. The molecule has 0 aliphatic carbocycles. The number of fused-ring (bicyclic) bond motifs is 1. The highest BCUT2D eigenvalue weighted by atomic mass is 35.5. The molecule has 0 spiro atoms. The molecule has 3 aromatic rings. The highest BCUT2D eigenvalue weighted by Crippen LogP contribution is 2.28. The summed E-state index contributed by atoms with van der Waals surface area (Å²) in [6, 6.07) is 12.1. The van der Waals surface area contributed by atoms with Gasteiger partial charge in [-0.2, -0.15) is 0 Å². The Kier molecular flexibility index (Phi) is 5.37. The van der Waals surface area contributed by atoms with Gasteiger partial charge in [0, 0.05) is 16.0 Å². The molecule has 0 fully saturated rings. The normalized spacial score (nSPS) is 11.9. The van der Waals surface area contributed by atoms with Crippen molar-refractivity contribution < 1.29 is 23.5 Å². The van der Waals surface area contributed by atoms with Crippen molar-refractivity contribution in [2.75, 3.05) is 12.4 Å². The number of nitrogens with one attached hydrogen (secondary N) is 1. The molecule has 6 nitrogen and oxygen atoms in total. The van der Waals surface area contributed by atoms with Gasteiger partial charge in [-0.15, -0.1) is 0 Å². The van der Waals surface area contributed by atoms with Crippen LogP contribution in [-0.2, 0) is 9.53 Å². The number of rotatable bonds is 5. The van der Waals surface area contributed by atoms with E-state index in [4.69, 9.17) is 25.5 Å². The third kappa shape index (κ3) is 3.90. The van der Waals surface area contributed by atoms with Gasteiger partial charge in [0.15, 0.2) is 6.10 Å². The van der Waals surface area contributed by atoms with Gasteiger partial charge >= 0.3 is 5.97 Å². The summed E-state index contributed by atoms with van der Waals surface area (Å²) in [6.45, 7) is 3.24. The average molecular weight is 388 g/mol.